The van der Waals surface area contributed by atoms with E-state index in [2.05, 4.69) is 13.8 Å². The fourth-order valence-electron chi connectivity index (χ4n) is 1.55. The lowest BCUT2D eigenvalue weighted by Gasteiger charge is -2.00. The average molecular weight is 197 g/mol. The Bertz CT molecular complexity index is 115. The second kappa shape index (κ2) is 10.7. The first-order valence-electron chi connectivity index (χ1n) is 6.12. The molecule has 0 aliphatic carbocycles. The van der Waals surface area contributed by atoms with Gasteiger partial charge in [-0.1, -0.05) is 52.4 Å². The summed E-state index contributed by atoms with van der Waals surface area (Å²) in [5, 5.41) is 0. The van der Waals surface area contributed by atoms with E-state index in [1.165, 1.54) is 32.1 Å². The molecule has 83 valence electrons. The van der Waals surface area contributed by atoms with Crippen molar-refractivity contribution in [3.8, 4) is 0 Å². The quantitative estimate of drug-likeness (QED) is 0.477. The van der Waals surface area contributed by atoms with Crippen molar-refractivity contribution >= 4 is 5.78 Å². The van der Waals surface area contributed by atoms with E-state index in [0.717, 1.165) is 32.1 Å². The Morgan fingerprint density at radius 2 is 1.50 bits per heavy atom. The number of ketones is 1. The number of carbonyl (C=O) groups is 1. The molecule has 0 aliphatic rings. The lowest BCUT2D eigenvalue weighted by Crippen LogP contribution is -1.97. The molecule has 0 fully saturated rings. The van der Waals surface area contributed by atoms with Crippen LogP contribution in [0, 0.1) is 6.92 Å². The summed E-state index contributed by atoms with van der Waals surface area (Å²) in [6.07, 6.45) is 10.9. The van der Waals surface area contributed by atoms with Crippen LogP contribution in [0.25, 0.3) is 0 Å². The molecule has 0 amide bonds. The van der Waals surface area contributed by atoms with Gasteiger partial charge in [0.2, 0.25) is 0 Å². The fraction of sp³-hybridized carbons (Fsp3) is 0.846. The van der Waals surface area contributed by atoms with E-state index in [1.807, 2.05) is 0 Å². The third-order valence-corrected chi connectivity index (χ3v) is 2.51. The maximum atomic E-state index is 11.4. The van der Waals surface area contributed by atoms with Gasteiger partial charge in [0.1, 0.15) is 5.78 Å². The smallest absolute Gasteiger partial charge is 0.132 e. The molecule has 0 saturated heterocycles. The summed E-state index contributed by atoms with van der Waals surface area (Å²) in [5.74, 6) is 0.463. The van der Waals surface area contributed by atoms with Gasteiger partial charge in [-0.25, -0.2) is 0 Å². The van der Waals surface area contributed by atoms with Crippen LogP contribution < -0.4 is 0 Å². The fourth-order valence-corrected chi connectivity index (χ4v) is 1.55. The Labute approximate surface area is 89.3 Å². The average Bonchev–Trinajstić information content (AvgIpc) is 2.19. The first-order valence-corrected chi connectivity index (χ1v) is 6.12. The molecule has 0 aromatic heterocycles. The van der Waals surface area contributed by atoms with Gasteiger partial charge in [-0.2, -0.15) is 0 Å². The van der Waals surface area contributed by atoms with Crippen LogP contribution in [0.5, 0.6) is 0 Å². The molecule has 0 saturated carbocycles. The molecule has 0 aromatic rings. The predicted molar refractivity (Wildman–Crippen MR) is 62.2 cm³/mol. The van der Waals surface area contributed by atoms with Crippen molar-refractivity contribution < 1.29 is 4.79 Å². The highest BCUT2D eigenvalue weighted by molar-refractivity contribution is 5.78. The molecule has 0 N–H and O–H groups in total. The molecular weight excluding hydrogens is 172 g/mol. The topological polar surface area (TPSA) is 17.1 Å². The lowest BCUT2D eigenvalue weighted by atomic mass is 10.0. The van der Waals surface area contributed by atoms with Crippen LogP contribution in [0.3, 0.4) is 0 Å². The van der Waals surface area contributed by atoms with E-state index >= 15 is 0 Å². The highest BCUT2D eigenvalue weighted by Gasteiger charge is 2.00. The first kappa shape index (κ1) is 13.7. The summed E-state index contributed by atoms with van der Waals surface area (Å²) in [4.78, 5) is 11.4. The number of Topliss-reactive ketones (excluding diaryl/α,β-unsaturated/α-hetero) is 1. The SMILES string of the molecule is [CH2]CCCCCC(=O)CCCCCC. The standard InChI is InChI=1S/C13H25O/c1-3-5-7-9-11-13(14)12-10-8-6-4-2/h1,3-12H2,2H3. The van der Waals surface area contributed by atoms with Crippen LogP contribution in [-0.4, -0.2) is 5.78 Å². The minimum Gasteiger partial charge on any atom is -0.300 e. The second-order valence-corrected chi connectivity index (χ2v) is 4.01. The van der Waals surface area contributed by atoms with E-state index < -0.39 is 0 Å². The minimum absolute atomic E-state index is 0.463. The van der Waals surface area contributed by atoms with Gasteiger partial charge in [0.05, 0.1) is 0 Å². The van der Waals surface area contributed by atoms with Gasteiger partial charge in [0, 0.05) is 12.8 Å². The molecule has 0 aliphatic heterocycles. The van der Waals surface area contributed by atoms with Crippen LogP contribution >= 0.6 is 0 Å². The minimum atomic E-state index is 0.463. The van der Waals surface area contributed by atoms with Crippen LogP contribution in [0.4, 0.5) is 0 Å². The number of rotatable bonds is 10. The zero-order valence-electron chi connectivity index (χ0n) is 9.69. The number of hydrogen-bond donors (Lipinski definition) is 0. The second-order valence-electron chi connectivity index (χ2n) is 4.01. The van der Waals surface area contributed by atoms with E-state index in [0.29, 0.717) is 5.78 Å². The van der Waals surface area contributed by atoms with Gasteiger partial charge in [0.25, 0.3) is 0 Å². The Morgan fingerprint density at radius 1 is 0.929 bits per heavy atom. The molecule has 0 aromatic carbocycles. The Balaban J connectivity index is 3.11. The summed E-state index contributed by atoms with van der Waals surface area (Å²) < 4.78 is 0. The van der Waals surface area contributed by atoms with Gasteiger partial charge < -0.3 is 0 Å². The largest absolute Gasteiger partial charge is 0.300 e. The van der Waals surface area contributed by atoms with Gasteiger partial charge >= 0.3 is 0 Å². The zero-order valence-corrected chi connectivity index (χ0v) is 9.69. The zero-order chi connectivity index (χ0) is 10.6. The maximum absolute atomic E-state index is 11.4. The van der Waals surface area contributed by atoms with Gasteiger partial charge in [-0.05, 0) is 12.8 Å². The molecule has 0 unspecified atom stereocenters. The van der Waals surface area contributed by atoms with E-state index in [-0.39, 0.29) is 0 Å². The molecule has 0 atom stereocenters. The summed E-state index contributed by atoms with van der Waals surface area (Å²) in [6.45, 7) is 5.98. The molecule has 1 radical (unpaired) electrons. The van der Waals surface area contributed by atoms with Gasteiger partial charge in [0.15, 0.2) is 0 Å². The first-order chi connectivity index (χ1) is 6.81. The third-order valence-electron chi connectivity index (χ3n) is 2.51. The third kappa shape index (κ3) is 9.76. The van der Waals surface area contributed by atoms with Crippen LogP contribution in [-0.2, 0) is 4.79 Å². The Morgan fingerprint density at radius 3 is 2.00 bits per heavy atom. The maximum Gasteiger partial charge on any atom is 0.132 e. The number of unbranched alkanes of at least 4 members (excludes halogenated alkanes) is 6. The molecular formula is C13H25O. The van der Waals surface area contributed by atoms with Crippen LogP contribution in [0.2, 0.25) is 0 Å². The van der Waals surface area contributed by atoms with Crippen LogP contribution in [0.15, 0.2) is 0 Å². The molecule has 14 heavy (non-hydrogen) atoms. The summed E-state index contributed by atoms with van der Waals surface area (Å²) in [7, 11) is 0. The lowest BCUT2D eigenvalue weighted by molar-refractivity contribution is -0.119. The monoisotopic (exact) mass is 197 g/mol. The molecule has 0 rings (SSSR count). The molecule has 1 nitrogen and oxygen atoms in total. The molecule has 0 bridgehead atoms. The summed E-state index contributed by atoms with van der Waals surface area (Å²) in [5.41, 5.74) is 0. The molecule has 0 spiro atoms. The van der Waals surface area contributed by atoms with Gasteiger partial charge in [-0.15, -0.1) is 0 Å². The van der Waals surface area contributed by atoms with Crippen molar-refractivity contribution in [1.29, 1.82) is 0 Å². The van der Waals surface area contributed by atoms with E-state index in [1.54, 1.807) is 0 Å². The summed E-state index contributed by atoms with van der Waals surface area (Å²) in [6, 6.07) is 0. The van der Waals surface area contributed by atoms with Crippen molar-refractivity contribution in [1.82, 2.24) is 0 Å². The van der Waals surface area contributed by atoms with Crippen molar-refractivity contribution in [2.75, 3.05) is 0 Å². The van der Waals surface area contributed by atoms with Crippen molar-refractivity contribution in [2.45, 2.75) is 71.1 Å². The Kier molecular flexibility index (Phi) is 10.5. The number of hydrogen-bond acceptors (Lipinski definition) is 1. The van der Waals surface area contributed by atoms with E-state index in [4.69, 9.17) is 0 Å². The van der Waals surface area contributed by atoms with Crippen molar-refractivity contribution in [3.63, 3.8) is 0 Å². The Hall–Kier alpha value is -0.330. The van der Waals surface area contributed by atoms with E-state index in [9.17, 15) is 4.79 Å². The molecule has 1 heteroatoms. The highest BCUT2D eigenvalue weighted by atomic mass is 16.1. The highest BCUT2D eigenvalue weighted by Crippen LogP contribution is 2.08. The predicted octanol–water partition coefficient (Wildman–Crippen LogP) is 4.31. The van der Waals surface area contributed by atoms with Crippen molar-refractivity contribution in [3.05, 3.63) is 6.92 Å². The number of carbonyl (C=O) groups excluding carboxylic acids is 1. The molecule has 0 heterocycles. The van der Waals surface area contributed by atoms with Crippen LogP contribution in [0.1, 0.15) is 71.1 Å². The van der Waals surface area contributed by atoms with Crippen molar-refractivity contribution in [2.24, 2.45) is 0 Å². The normalized spacial score (nSPS) is 10.4. The summed E-state index contributed by atoms with van der Waals surface area (Å²) >= 11 is 0. The van der Waals surface area contributed by atoms with Gasteiger partial charge in [-0.3, -0.25) is 4.79 Å².